The third-order valence-electron chi connectivity index (χ3n) is 3.18. The summed E-state index contributed by atoms with van der Waals surface area (Å²) < 4.78 is 1.32. The Morgan fingerprint density at radius 3 is 2.53 bits per heavy atom. The Hall–Kier alpha value is -1.69. The predicted octanol–water partition coefficient (Wildman–Crippen LogP) is 0.432. The molecule has 6 nitrogen and oxygen atoms in total. The molecule has 17 heavy (non-hydrogen) atoms. The normalized spacial score (nSPS) is 28.3. The van der Waals surface area contributed by atoms with Crippen LogP contribution in [0.3, 0.4) is 0 Å². The van der Waals surface area contributed by atoms with Crippen LogP contribution in [-0.2, 0) is 9.59 Å². The fraction of sp³-hybridized carbons (Fsp3) is 0.400. The molecule has 2 aliphatic rings. The van der Waals surface area contributed by atoms with Gasteiger partial charge < -0.3 is 0 Å². The summed E-state index contributed by atoms with van der Waals surface area (Å²) in [7, 11) is 0. The van der Waals surface area contributed by atoms with Gasteiger partial charge in [-0.2, -0.15) is 5.01 Å². The van der Waals surface area contributed by atoms with E-state index in [4.69, 9.17) is 11.6 Å². The molecule has 2 amide bonds. The molecule has 0 bridgehead atoms. The zero-order valence-electron chi connectivity index (χ0n) is 8.78. The minimum Gasteiger partial charge on any atom is -0.272 e. The SMILES string of the molecule is O=C1[C@H]2CC(Cl)=CC[C@H]2C(=O)N1n1cnnc1. The highest BCUT2D eigenvalue weighted by Gasteiger charge is 2.49. The lowest BCUT2D eigenvalue weighted by Gasteiger charge is -2.17. The van der Waals surface area contributed by atoms with E-state index in [1.807, 2.05) is 6.08 Å². The molecule has 2 heterocycles. The molecule has 1 aliphatic carbocycles. The number of carbonyl (C=O) groups is 2. The van der Waals surface area contributed by atoms with E-state index in [1.165, 1.54) is 17.3 Å². The maximum atomic E-state index is 12.1. The predicted molar refractivity (Wildman–Crippen MR) is 58.4 cm³/mol. The molecule has 2 atom stereocenters. The van der Waals surface area contributed by atoms with Gasteiger partial charge in [-0.15, -0.1) is 10.2 Å². The molecule has 0 spiro atoms. The molecule has 3 rings (SSSR count). The molecule has 0 unspecified atom stereocenters. The first-order chi connectivity index (χ1) is 8.18. The number of hydrogen-bond acceptors (Lipinski definition) is 4. The third-order valence-corrected chi connectivity index (χ3v) is 3.49. The molecule has 88 valence electrons. The van der Waals surface area contributed by atoms with Crippen molar-refractivity contribution < 1.29 is 9.59 Å². The Labute approximate surface area is 102 Å². The topological polar surface area (TPSA) is 68.1 Å². The monoisotopic (exact) mass is 252 g/mol. The summed E-state index contributed by atoms with van der Waals surface area (Å²) in [6.07, 6.45) is 5.44. The molecule has 1 saturated heterocycles. The van der Waals surface area contributed by atoms with Gasteiger partial charge in [0.15, 0.2) is 0 Å². The van der Waals surface area contributed by atoms with Gasteiger partial charge in [-0.1, -0.05) is 17.7 Å². The maximum Gasteiger partial charge on any atom is 0.253 e. The number of aromatic nitrogens is 3. The molecule has 0 radical (unpaired) electrons. The largest absolute Gasteiger partial charge is 0.272 e. The van der Waals surface area contributed by atoms with Gasteiger partial charge in [-0.3, -0.25) is 9.59 Å². The van der Waals surface area contributed by atoms with Crippen LogP contribution in [0, 0.1) is 11.8 Å². The summed E-state index contributed by atoms with van der Waals surface area (Å²) in [5, 5.41) is 8.94. The summed E-state index contributed by atoms with van der Waals surface area (Å²) in [6.45, 7) is 0. The number of imide groups is 1. The van der Waals surface area contributed by atoms with Crippen molar-refractivity contribution in [1.29, 1.82) is 0 Å². The number of fused-ring (bicyclic) bond motifs is 1. The van der Waals surface area contributed by atoms with Gasteiger partial charge in [0.2, 0.25) is 0 Å². The second-order valence-electron chi connectivity index (χ2n) is 4.13. The average Bonchev–Trinajstić information content (AvgIpc) is 2.88. The van der Waals surface area contributed by atoms with E-state index < -0.39 is 0 Å². The summed E-state index contributed by atoms with van der Waals surface area (Å²) in [5.74, 6) is -1.08. The second-order valence-corrected chi connectivity index (χ2v) is 4.62. The summed E-state index contributed by atoms with van der Waals surface area (Å²) in [4.78, 5) is 24.2. The van der Waals surface area contributed by atoms with Crippen LogP contribution in [-0.4, -0.2) is 26.7 Å². The van der Waals surface area contributed by atoms with Crippen LogP contribution in [0.5, 0.6) is 0 Å². The van der Waals surface area contributed by atoms with Crippen molar-refractivity contribution in [2.75, 3.05) is 5.01 Å². The third kappa shape index (κ3) is 1.48. The number of allylic oxidation sites excluding steroid dienone is 2. The van der Waals surface area contributed by atoms with E-state index >= 15 is 0 Å². The Kier molecular flexibility index (Phi) is 2.25. The molecular formula is C10H9ClN4O2. The molecule has 1 aromatic heterocycles. The summed E-state index contributed by atoms with van der Waals surface area (Å²) in [6, 6.07) is 0. The van der Waals surface area contributed by atoms with E-state index in [1.54, 1.807) is 0 Å². The quantitative estimate of drug-likeness (QED) is 0.680. The molecule has 1 fully saturated rings. The number of hydrogen-bond donors (Lipinski definition) is 0. The van der Waals surface area contributed by atoms with Gasteiger partial charge in [0.05, 0.1) is 11.8 Å². The zero-order chi connectivity index (χ0) is 12.0. The molecule has 0 saturated carbocycles. The lowest BCUT2D eigenvalue weighted by Crippen LogP contribution is -2.40. The number of carbonyl (C=O) groups excluding carboxylic acids is 2. The van der Waals surface area contributed by atoms with E-state index in [2.05, 4.69) is 10.2 Å². The van der Waals surface area contributed by atoms with Crippen LogP contribution < -0.4 is 5.01 Å². The van der Waals surface area contributed by atoms with Gasteiger partial charge in [-0.25, -0.2) is 4.68 Å². The van der Waals surface area contributed by atoms with Gasteiger partial charge >= 0.3 is 0 Å². The first-order valence-corrected chi connectivity index (χ1v) is 5.63. The number of rotatable bonds is 1. The fourth-order valence-electron chi connectivity index (χ4n) is 2.34. The first-order valence-electron chi connectivity index (χ1n) is 5.25. The van der Waals surface area contributed by atoms with Crippen LogP contribution in [0.25, 0.3) is 0 Å². The van der Waals surface area contributed by atoms with Crippen molar-refractivity contribution in [3.05, 3.63) is 23.8 Å². The van der Waals surface area contributed by atoms with E-state index in [-0.39, 0.29) is 23.7 Å². The first kappa shape index (κ1) is 10.5. The van der Waals surface area contributed by atoms with Crippen LogP contribution in [0.1, 0.15) is 12.8 Å². The van der Waals surface area contributed by atoms with Gasteiger partial charge in [0.25, 0.3) is 11.8 Å². The smallest absolute Gasteiger partial charge is 0.253 e. The molecule has 7 heteroatoms. The van der Waals surface area contributed by atoms with Crippen molar-refractivity contribution in [3.8, 4) is 0 Å². The number of halogens is 1. The van der Waals surface area contributed by atoms with Crippen molar-refractivity contribution >= 4 is 23.4 Å². The minimum atomic E-state index is -0.345. The Bertz CT molecular complexity index is 510. The lowest BCUT2D eigenvalue weighted by molar-refractivity contribution is -0.124. The molecule has 0 N–H and O–H groups in total. The highest BCUT2D eigenvalue weighted by Crippen LogP contribution is 2.38. The van der Waals surface area contributed by atoms with Crippen LogP contribution in [0.15, 0.2) is 23.8 Å². The Morgan fingerprint density at radius 2 is 1.82 bits per heavy atom. The standard InChI is InChI=1S/C10H9ClN4O2/c11-6-1-2-7-8(3-6)10(17)15(9(7)16)14-4-12-13-5-14/h1,4-5,7-8H,2-3H2/t7-,8+/m1/s1. The van der Waals surface area contributed by atoms with E-state index in [9.17, 15) is 9.59 Å². The van der Waals surface area contributed by atoms with Crippen LogP contribution >= 0.6 is 11.6 Å². The fourth-order valence-corrected chi connectivity index (χ4v) is 2.59. The molecule has 0 aromatic carbocycles. The van der Waals surface area contributed by atoms with E-state index in [0.717, 1.165) is 5.01 Å². The van der Waals surface area contributed by atoms with Gasteiger partial charge in [0, 0.05) is 5.03 Å². The summed E-state index contributed by atoms with van der Waals surface area (Å²) in [5.41, 5.74) is 0. The van der Waals surface area contributed by atoms with Crippen LogP contribution in [0.2, 0.25) is 0 Å². The lowest BCUT2D eigenvalue weighted by atomic mass is 9.85. The second kappa shape index (κ2) is 3.66. The van der Waals surface area contributed by atoms with Crippen molar-refractivity contribution in [2.45, 2.75) is 12.8 Å². The van der Waals surface area contributed by atoms with Crippen LogP contribution in [0.4, 0.5) is 0 Å². The molecule has 1 aromatic rings. The Balaban J connectivity index is 1.96. The number of amides is 2. The number of nitrogens with zero attached hydrogens (tertiary/aromatic N) is 4. The highest BCUT2D eigenvalue weighted by atomic mass is 35.5. The highest BCUT2D eigenvalue weighted by molar-refractivity contribution is 6.30. The van der Waals surface area contributed by atoms with Crippen molar-refractivity contribution in [3.63, 3.8) is 0 Å². The molecular weight excluding hydrogens is 244 g/mol. The molecule has 1 aliphatic heterocycles. The summed E-state index contributed by atoms with van der Waals surface area (Å²) >= 11 is 5.92. The minimum absolute atomic E-state index is 0.208. The zero-order valence-corrected chi connectivity index (χ0v) is 9.54. The van der Waals surface area contributed by atoms with Gasteiger partial charge in [-0.05, 0) is 12.8 Å². The van der Waals surface area contributed by atoms with E-state index in [0.29, 0.717) is 17.9 Å². The average molecular weight is 253 g/mol. The maximum absolute atomic E-state index is 12.1. The Morgan fingerprint density at radius 1 is 1.18 bits per heavy atom. The van der Waals surface area contributed by atoms with Crippen molar-refractivity contribution in [1.82, 2.24) is 14.9 Å². The van der Waals surface area contributed by atoms with Gasteiger partial charge in [0.1, 0.15) is 12.7 Å². The van der Waals surface area contributed by atoms with Crippen molar-refractivity contribution in [2.24, 2.45) is 11.8 Å².